The van der Waals surface area contributed by atoms with Crippen molar-refractivity contribution in [1.82, 2.24) is 10.6 Å². The summed E-state index contributed by atoms with van der Waals surface area (Å²) in [6.07, 6.45) is 0.865. The van der Waals surface area contributed by atoms with Crippen molar-refractivity contribution in [3.63, 3.8) is 0 Å². The molecule has 3 amide bonds. The Morgan fingerprint density at radius 1 is 1.38 bits per heavy atom. The molecule has 2 atom stereocenters. The van der Waals surface area contributed by atoms with E-state index in [0.29, 0.717) is 18.3 Å². The molecule has 94 valence electrons. The van der Waals surface area contributed by atoms with E-state index in [4.69, 9.17) is 5.73 Å². The second-order valence-electron chi connectivity index (χ2n) is 3.51. The summed E-state index contributed by atoms with van der Waals surface area (Å²) in [6, 6.07) is -0.438. The fraction of sp³-hybridized carbons (Fsp3) is 0.800. The van der Waals surface area contributed by atoms with Crippen molar-refractivity contribution >= 4 is 23.7 Å². The Morgan fingerprint density at radius 3 is 2.50 bits per heavy atom. The van der Waals surface area contributed by atoms with Gasteiger partial charge in [0.05, 0.1) is 5.25 Å². The SMILES string of the molecule is CCNC(=O)NC(=O)C(C)SC(C)CCN. The molecule has 0 saturated heterocycles. The molecule has 16 heavy (non-hydrogen) atoms. The average molecular weight is 247 g/mol. The molecule has 5 nitrogen and oxygen atoms in total. The summed E-state index contributed by atoms with van der Waals surface area (Å²) in [5, 5.41) is 4.87. The molecule has 0 aliphatic carbocycles. The summed E-state index contributed by atoms with van der Waals surface area (Å²) in [5.74, 6) is -0.264. The smallest absolute Gasteiger partial charge is 0.321 e. The van der Waals surface area contributed by atoms with E-state index in [1.54, 1.807) is 13.8 Å². The Morgan fingerprint density at radius 2 is 2.00 bits per heavy atom. The van der Waals surface area contributed by atoms with Crippen LogP contribution in [-0.2, 0) is 4.79 Å². The second-order valence-corrected chi connectivity index (χ2v) is 5.30. The van der Waals surface area contributed by atoms with Crippen molar-refractivity contribution in [2.75, 3.05) is 13.1 Å². The van der Waals surface area contributed by atoms with Crippen molar-refractivity contribution in [3.8, 4) is 0 Å². The van der Waals surface area contributed by atoms with Crippen molar-refractivity contribution < 1.29 is 9.59 Å². The zero-order valence-corrected chi connectivity index (χ0v) is 10.9. The fourth-order valence-electron chi connectivity index (χ4n) is 1.13. The highest BCUT2D eigenvalue weighted by Crippen LogP contribution is 2.19. The molecular weight excluding hydrogens is 226 g/mol. The third kappa shape index (κ3) is 6.68. The summed E-state index contributed by atoms with van der Waals surface area (Å²) < 4.78 is 0. The van der Waals surface area contributed by atoms with Crippen LogP contribution in [0.3, 0.4) is 0 Å². The van der Waals surface area contributed by atoms with Crippen molar-refractivity contribution in [1.29, 1.82) is 0 Å². The fourth-order valence-corrected chi connectivity index (χ4v) is 2.28. The monoisotopic (exact) mass is 247 g/mol. The zero-order chi connectivity index (χ0) is 12.6. The van der Waals surface area contributed by atoms with Crippen LogP contribution in [0.1, 0.15) is 27.2 Å². The van der Waals surface area contributed by atoms with E-state index in [2.05, 4.69) is 10.6 Å². The van der Waals surface area contributed by atoms with Crippen molar-refractivity contribution in [3.05, 3.63) is 0 Å². The van der Waals surface area contributed by atoms with Crippen LogP contribution in [0.4, 0.5) is 4.79 Å². The standard InChI is InChI=1S/C10H21N3O2S/c1-4-12-10(15)13-9(14)8(3)16-7(2)5-6-11/h7-8H,4-6,11H2,1-3H3,(H2,12,13,14,15). The van der Waals surface area contributed by atoms with Crippen LogP contribution in [0.25, 0.3) is 0 Å². The van der Waals surface area contributed by atoms with Gasteiger partial charge in [0.2, 0.25) is 5.91 Å². The van der Waals surface area contributed by atoms with E-state index in [-0.39, 0.29) is 11.2 Å². The molecule has 0 aromatic carbocycles. The van der Waals surface area contributed by atoms with Crippen LogP contribution in [0, 0.1) is 0 Å². The molecule has 0 aromatic heterocycles. The van der Waals surface area contributed by atoms with Crippen LogP contribution in [0.2, 0.25) is 0 Å². The van der Waals surface area contributed by atoms with Gasteiger partial charge in [-0.15, -0.1) is 11.8 Å². The van der Waals surface area contributed by atoms with Gasteiger partial charge in [0.15, 0.2) is 0 Å². The van der Waals surface area contributed by atoms with Crippen LogP contribution in [0.15, 0.2) is 0 Å². The maximum absolute atomic E-state index is 11.5. The lowest BCUT2D eigenvalue weighted by Gasteiger charge is -2.15. The van der Waals surface area contributed by atoms with E-state index in [9.17, 15) is 9.59 Å². The summed E-state index contributed by atoms with van der Waals surface area (Å²) in [6.45, 7) is 6.72. The van der Waals surface area contributed by atoms with Gasteiger partial charge in [-0.2, -0.15) is 0 Å². The average Bonchev–Trinajstić information content (AvgIpc) is 2.17. The molecule has 0 bridgehead atoms. The highest BCUT2D eigenvalue weighted by molar-refractivity contribution is 8.01. The molecular formula is C10H21N3O2S. The van der Waals surface area contributed by atoms with Crippen molar-refractivity contribution in [2.24, 2.45) is 5.73 Å². The number of hydrogen-bond acceptors (Lipinski definition) is 4. The Kier molecular flexibility index (Phi) is 8.01. The Hall–Kier alpha value is -0.750. The molecule has 0 fully saturated rings. The lowest BCUT2D eigenvalue weighted by Crippen LogP contribution is -2.42. The van der Waals surface area contributed by atoms with Gasteiger partial charge in [-0.05, 0) is 26.8 Å². The Bertz CT molecular complexity index is 236. The van der Waals surface area contributed by atoms with Gasteiger partial charge >= 0.3 is 6.03 Å². The van der Waals surface area contributed by atoms with Gasteiger partial charge in [-0.1, -0.05) is 6.92 Å². The van der Waals surface area contributed by atoms with Gasteiger partial charge in [0, 0.05) is 11.8 Å². The number of imide groups is 1. The number of thioether (sulfide) groups is 1. The van der Waals surface area contributed by atoms with Gasteiger partial charge in [0.1, 0.15) is 0 Å². The number of carbonyl (C=O) groups excluding carboxylic acids is 2. The predicted molar refractivity (Wildman–Crippen MR) is 67.4 cm³/mol. The normalized spacial score (nSPS) is 14.0. The van der Waals surface area contributed by atoms with Gasteiger partial charge < -0.3 is 11.1 Å². The van der Waals surface area contributed by atoms with E-state index >= 15 is 0 Å². The summed E-state index contributed by atoms with van der Waals surface area (Å²) >= 11 is 1.52. The first-order valence-corrected chi connectivity index (χ1v) is 6.39. The molecule has 0 rings (SSSR count). The quantitative estimate of drug-likeness (QED) is 0.645. The predicted octanol–water partition coefficient (Wildman–Crippen LogP) is 0.691. The summed E-state index contributed by atoms with van der Waals surface area (Å²) in [5.41, 5.74) is 5.42. The third-order valence-corrected chi connectivity index (χ3v) is 3.28. The Labute approximate surface area is 101 Å². The highest BCUT2D eigenvalue weighted by Gasteiger charge is 2.18. The minimum Gasteiger partial charge on any atom is -0.338 e. The van der Waals surface area contributed by atoms with Crippen LogP contribution < -0.4 is 16.4 Å². The number of rotatable bonds is 6. The number of nitrogens with one attached hydrogen (secondary N) is 2. The largest absolute Gasteiger partial charge is 0.338 e. The van der Waals surface area contributed by atoms with E-state index < -0.39 is 6.03 Å². The van der Waals surface area contributed by atoms with Crippen LogP contribution in [0.5, 0.6) is 0 Å². The highest BCUT2D eigenvalue weighted by atomic mass is 32.2. The van der Waals surface area contributed by atoms with E-state index in [1.165, 1.54) is 11.8 Å². The maximum Gasteiger partial charge on any atom is 0.321 e. The summed E-state index contributed by atoms with van der Waals surface area (Å²) in [4.78, 5) is 22.6. The first-order chi connectivity index (χ1) is 7.51. The molecule has 6 heteroatoms. The molecule has 0 saturated carbocycles. The second kappa shape index (κ2) is 8.41. The first-order valence-electron chi connectivity index (χ1n) is 5.45. The maximum atomic E-state index is 11.5. The topological polar surface area (TPSA) is 84.2 Å². The van der Waals surface area contributed by atoms with Gasteiger partial charge in [0.25, 0.3) is 0 Å². The van der Waals surface area contributed by atoms with E-state index in [1.807, 2.05) is 6.92 Å². The lowest BCUT2D eigenvalue weighted by molar-refractivity contribution is -0.119. The minimum absolute atomic E-state index is 0.246. The number of hydrogen-bond donors (Lipinski definition) is 3. The van der Waals surface area contributed by atoms with Crippen LogP contribution in [-0.4, -0.2) is 35.5 Å². The van der Waals surface area contributed by atoms with Gasteiger partial charge in [-0.25, -0.2) is 4.79 Å². The molecule has 0 radical (unpaired) electrons. The minimum atomic E-state index is -0.438. The van der Waals surface area contributed by atoms with Crippen LogP contribution >= 0.6 is 11.8 Å². The number of urea groups is 1. The lowest BCUT2D eigenvalue weighted by atomic mass is 10.3. The van der Waals surface area contributed by atoms with Gasteiger partial charge in [-0.3, -0.25) is 10.1 Å². The van der Waals surface area contributed by atoms with E-state index in [0.717, 1.165) is 6.42 Å². The molecule has 2 unspecified atom stereocenters. The number of carbonyl (C=O) groups is 2. The molecule has 0 aliphatic rings. The molecule has 0 aromatic rings. The molecule has 0 aliphatic heterocycles. The number of amides is 3. The first kappa shape index (κ1) is 15.2. The summed E-state index contributed by atoms with van der Waals surface area (Å²) in [7, 11) is 0. The van der Waals surface area contributed by atoms with Crippen molar-refractivity contribution in [2.45, 2.75) is 37.7 Å². The third-order valence-electron chi connectivity index (χ3n) is 1.95. The molecule has 0 spiro atoms. The molecule has 4 N–H and O–H groups in total. The molecule has 0 heterocycles. The number of nitrogens with two attached hydrogens (primary N) is 1. The zero-order valence-electron chi connectivity index (χ0n) is 10.1. The Balaban J connectivity index is 3.94.